The molecule has 0 radical (unpaired) electrons. The maximum atomic E-state index is 13.0. The number of carbonyl (C=O) groups excluding carboxylic acids is 2. The quantitative estimate of drug-likeness (QED) is 0.753. The van der Waals surface area contributed by atoms with Crippen LogP contribution in [0.4, 0.5) is 5.95 Å². The molecule has 0 bridgehead atoms. The summed E-state index contributed by atoms with van der Waals surface area (Å²) in [6, 6.07) is 1.79. The third kappa shape index (κ3) is 2.61. The minimum absolute atomic E-state index is 0.0800. The van der Waals surface area contributed by atoms with Crippen molar-refractivity contribution in [3.05, 3.63) is 18.5 Å². The maximum absolute atomic E-state index is 13.0. The second-order valence-corrected chi connectivity index (χ2v) is 6.86. The van der Waals surface area contributed by atoms with Crippen molar-refractivity contribution in [1.29, 1.82) is 0 Å². The van der Waals surface area contributed by atoms with Crippen LogP contribution < -0.4 is 4.90 Å². The number of amides is 1. The van der Waals surface area contributed by atoms with Crippen LogP contribution in [0.25, 0.3) is 0 Å². The van der Waals surface area contributed by atoms with Gasteiger partial charge < -0.3 is 14.5 Å². The number of hydrogen-bond acceptors (Lipinski definition) is 6. The molecule has 0 unspecified atom stereocenters. The molecule has 4 rings (SSSR count). The molecule has 7 heteroatoms. The Morgan fingerprint density at radius 2 is 1.79 bits per heavy atom. The van der Waals surface area contributed by atoms with E-state index >= 15 is 0 Å². The van der Waals surface area contributed by atoms with Crippen molar-refractivity contribution in [1.82, 2.24) is 14.9 Å². The van der Waals surface area contributed by atoms with E-state index in [9.17, 15) is 9.59 Å². The molecule has 128 valence electrons. The summed E-state index contributed by atoms with van der Waals surface area (Å²) >= 11 is 0. The van der Waals surface area contributed by atoms with E-state index in [1.54, 1.807) is 18.5 Å². The van der Waals surface area contributed by atoms with Crippen LogP contribution in [0.15, 0.2) is 18.5 Å². The summed E-state index contributed by atoms with van der Waals surface area (Å²) in [5, 5.41) is 0. The third-order valence-electron chi connectivity index (χ3n) is 5.50. The average Bonchev–Trinajstić information content (AvgIpc) is 3.22. The first kappa shape index (κ1) is 15.4. The maximum Gasteiger partial charge on any atom is 0.307 e. The Kier molecular flexibility index (Phi) is 3.86. The average molecular weight is 330 g/mol. The highest BCUT2D eigenvalue weighted by Crippen LogP contribution is 2.46. The molecule has 3 heterocycles. The van der Waals surface area contributed by atoms with Gasteiger partial charge in [0.2, 0.25) is 11.9 Å². The minimum atomic E-state index is -0.520. The highest BCUT2D eigenvalue weighted by atomic mass is 16.6. The molecule has 2 aliphatic heterocycles. The SMILES string of the molecule is O=C1C[C@@H](C(=O)N2CCN(c3ncccn3)CC2)C2(CCCC2)O1. The molecule has 0 aromatic carbocycles. The predicted octanol–water partition coefficient (Wildman–Crippen LogP) is 1.00. The Hall–Kier alpha value is -2.18. The van der Waals surface area contributed by atoms with E-state index in [1.165, 1.54) is 0 Å². The summed E-state index contributed by atoms with van der Waals surface area (Å²) in [6.45, 7) is 2.70. The lowest BCUT2D eigenvalue weighted by molar-refractivity contribution is -0.151. The van der Waals surface area contributed by atoms with Gasteiger partial charge >= 0.3 is 5.97 Å². The molecule has 1 spiro atoms. The highest BCUT2D eigenvalue weighted by Gasteiger charge is 2.54. The van der Waals surface area contributed by atoms with Crippen molar-refractivity contribution in [2.75, 3.05) is 31.1 Å². The van der Waals surface area contributed by atoms with Gasteiger partial charge in [-0.05, 0) is 31.7 Å². The van der Waals surface area contributed by atoms with E-state index in [1.807, 2.05) is 4.90 Å². The van der Waals surface area contributed by atoms with Gasteiger partial charge in [0.25, 0.3) is 0 Å². The van der Waals surface area contributed by atoms with E-state index in [2.05, 4.69) is 14.9 Å². The summed E-state index contributed by atoms with van der Waals surface area (Å²) < 4.78 is 5.61. The molecule has 1 aliphatic carbocycles. The zero-order valence-electron chi connectivity index (χ0n) is 13.7. The van der Waals surface area contributed by atoms with Crippen molar-refractivity contribution in [2.45, 2.75) is 37.7 Å². The first-order chi connectivity index (χ1) is 11.7. The van der Waals surface area contributed by atoms with Crippen LogP contribution in [-0.4, -0.2) is 58.5 Å². The van der Waals surface area contributed by atoms with Gasteiger partial charge in [-0.25, -0.2) is 9.97 Å². The van der Waals surface area contributed by atoms with Gasteiger partial charge in [0.05, 0.1) is 12.3 Å². The van der Waals surface area contributed by atoms with E-state index in [0.717, 1.165) is 25.7 Å². The fourth-order valence-corrected chi connectivity index (χ4v) is 4.23. The Balaban J connectivity index is 1.42. The Bertz CT molecular complexity index is 622. The second-order valence-electron chi connectivity index (χ2n) is 6.86. The van der Waals surface area contributed by atoms with E-state index in [-0.39, 0.29) is 24.2 Å². The van der Waals surface area contributed by atoms with Crippen molar-refractivity contribution in [3.8, 4) is 0 Å². The lowest BCUT2D eigenvalue weighted by atomic mass is 9.84. The fourth-order valence-electron chi connectivity index (χ4n) is 4.23. The summed E-state index contributed by atoms with van der Waals surface area (Å²) in [4.78, 5) is 37.3. The van der Waals surface area contributed by atoms with Crippen molar-refractivity contribution >= 4 is 17.8 Å². The smallest absolute Gasteiger partial charge is 0.307 e. The van der Waals surface area contributed by atoms with Gasteiger partial charge in [-0.2, -0.15) is 0 Å². The zero-order chi connectivity index (χ0) is 16.6. The summed E-state index contributed by atoms with van der Waals surface area (Å²) in [6.07, 6.45) is 7.42. The van der Waals surface area contributed by atoms with Crippen molar-refractivity contribution < 1.29 is 14.3 Å². The van der Waals surface area contributed by atoms with Crippen LogP contribution >= 0.6 is 0 Å². The molecule has 0 N–H and O–H groups in total. The summed E-state index contributed by atoms with van der Waals surface area (Å²) in [7, 11) is 0. The Labute approximate surface area is 141 Å². The molecule has 1 aromatic rings. The van der Waals surface area contributed by atoms with Crippen LogP contribution in [0, 0.1) is 5.92 Å². The fraction of sp³-hybridized carbons (Fsp3) is 0.647. The number of piperazine rings is 1. The second kappa shape index (κ2) is 6.03. The number of anilines is 1. The van der Waals surface area contributed by atoms with Crippen molar-refractivity contribution in [2.24, 2.45) is 5.92 Å². The largest absolute Gasteiger partial charge is 0.458 e. The van der Waals surface area contributed by atoms with Crippen LogP contribution in [0.2, 0.25) is 0 Å². The molecule has 1 atom stereocenters. The van der Waals surface area contributed by atoms with Gasteiger partial charge in [0.1, 0.15) is 5.60 Å². The topological polar surface area (TPSA) is 75.6 Å². The zero-order valence-corrected chi connectivity index (χ0v) is 13.7. The number of aromatic nitrogens is 2. The minimum Gasteiger partial charge on any atom is -0.458 e. The normalized spacial score (nSPS) is 26.0. The van der Waals surface area contributed by atoms with Crippen LogP contribution in [0.5, 0.6) is 0 Å². The van der Waals surface area contributed by atoms with Crippen LogP contribution in [0.1, 0.15) is 32.1 Å². The molecule has 3 fully saturated rings. The molecule has 1 aromatic heterocycles. The van der Waals surface area contributed by atoms with Gasteiger partial charge in [0, 0.05) is 38.6 Å². The number of nitrogens with zero attached hydrogens (tertiary/aromatic N) is 4. The first-order valence-corrected chi connectivity index (χ1v) is 8.71. The van der Waals surface area contributed by atoms with Crippen molar-refractivity contribution in [3.63, 3.8) is 0 Å². The highest BCUT2D eigenvalue weighted by molar-refractivity contribution is 5.88. The summed E-state index contributed by atoms with van der Waals surface area (Å²) in [5.41, 5.74) is -0.520. The third-order valence-corrected chi connectivity index (χ3v) is 5.50. The van der Waals surface area contributed by atoms with Crippen LogP contribution in [-0.2, 0) is 14.3 Å². The molecule has 1 saturated carbocycles. The Morgan fingerprint density at radius 1 is 1.12 bits per heavy atom. The van der Waals surface area contributed by atoms with Gasteiger partial charge in [-0.15, -0.1) is 0 Å². The number of carbonyl (C=O) groups is 2. The number of esters is 1. The molecule has 7 nitrogen and oxygen atoms in total. The molecule has 2 saturated heterocycles. The molecular formula is C17H22N4O3. The van der Waals surface area contributed by atoms with E-state index < -0.39 is 5.60 Å². The summed E-state index contributed by atoms with van der Waals surface area (Å²) in [5.74, 6) is 0.270. The number of rotatable bonds is 2. The van der Waals surface area contributed by atoms with Gasteiger partial charge in [0.15, 0.2) is 0 Å². The Morgan fingerprint density at radius 3 is 2.46 bits per heavy atom. The molecule has 3 aliphatic rings. The van der Waals surface area contributed by atoms with E-state index in [0.29, 0.717) is 32.1 Å². The first-order valence-electron chi connectivity index (χ1n) is 8.71. The number of hydrogen-bond donors (Lipinski definition) is 0. The standard InChI is InChI=1S/C17H22N4O3/c22-14-12-13(17(24-14)4-1-2-5-17)15(23)20-8-10-21(11-9-20)16-18-6-3-7-19-16/h3,6-7,13H,1-2,4-5,8-12H2/t13-/m0/s1. The number of ether oxygens (including phenoxy) is 1. The van der Waals surface area contributed by atoms with Crippen LogP contribution in [0.3, 0.4) is 0 Å². The molecule has 24 heavy (non-hydrogen) atoms. The monoisotopic (exact) mass is 330 g/mol. The van der Waals surface area contributed by atoms with Gasteiger partial charge in [-0.1, -0.05) is 0 Å². The predicted molar refractivity (Wildman–Crippen MR) is 86.2 cm³/mol. The molecular weight excluding hydrogens is 308 g/mol. The lowest BCUT2D eigenvalue weighted by Crippen LogP contribution is -2.53. The van der Waals surface area contributed by atoms with E-state index in [4.69, 9.17) is 4.74 Å². The molecule has 1 amide bonds. The van der Waals surface area contributed by atoms with Gasteiger partial charge in [-0.3, -0.25) is 9.59 Å². The lowest BCUT2D eigenvalue weighted by Gasteiger charge is -2.38.